The fourth-order valence-electron chi connectivity index (χ4n) is 2.33. The summed E-state index contributed by atoms with van der Waals surface area (Å²) in [4.78, 5) is 4.55. The molecule has 1 aromatic heterocycles. The highest BCUT2D eigenvalue weighted by molar-refractivity contribution is 5.21. The molecule has 1 aliphatic rings. The van der Waals surface area contributed by atoms with E-state index >= 15 is 0 Å². The molecular formula is C13H20N2. The fourth-order valence-corrected chi connectivity index (χ4v) is 2.33. The van der Waals surface area contributed by atoms with Crippen LogP contribution < -0.4 is 5.32 Å². The molecule has 2 heterocycles. The van der Waals surface area contributed by atoms with Crippen molar-refractivity contribution in [1.82, 2.24) is 10.3 Å². The second kappa shape index (κ2) is 3.93. The second-order valence-electron chi connectivity index (χ2n) is 5.09. The molecule has 1 N–H and O–H groups in total. The van der Waals surface area contributed by atoms with Gasteiger partial charge < -0.3 is 5.32 Å². The van der Waals surface area contributed by atoms with E-state index in [1.165, 1.54) is 24.1 Å². The molecule has 2 rings (SSSR count). The zero-order valence-corrected chi connectivity index (χ0v) is 9.88. The van der Waals surface area contributed by atoms with Crippen LogP contribution in [0.2, 0.25) is 0 Å². The normalized spacial score (nSPS) is 21.9. The van der Waals surface area contributed by atoms with Crippen LogP contribution in [-0.2, 0) is 5.41 Å². The summed E-state index contributed by atoms with van der Waals surface area (Å²) in [5, 5.41) is 3.57. The minimum Gasteiger partial charge on any atom is -0.313 e. The van der Waals surface area contributed by atoms with Crippen molar-refractivity contribution in [1.29, 1.82) is 0 Å². The van der Waals surface area contributed by atoms with E-state index in [0.29, 0.717) is 6.04 Å². The maximum Gasteiger partial charge on any atom is 0.0475 e. The van der Waals surface area contributed by atoms with Crippen LogP contribution in [0, 0.1) is 6.92 Å². The average Bonchev–Trinajstić information content (AvgIpc) is 2.71. The molecule has 1 fully saturated rings. The van der Waals surface area contributed by atoms with E-state index in [4.69, 9.17) is 0 Å². The minimum atomic E-state index is 0.143. The summed E-state index contributed by atoms with van der Waals surface area (Å²) in [7, 11) is 0. The van der Waals surface area contributed by atoms with Gasteiger partial charge >= 0.3 is 0 Å². The standard InChI is InChI=1S/C13H20N2/c1-10-6-7-12(15-9-10)13(2,3)11-5-4-8-14-11/h6-7,9,11,14H,4-5,8H2,1-3H3/t11-/m1/s1. The molecule has 1 saturated heterocycles. The summed E-state index contributed by atoms with van der Waals surface area (Å²) >= 11 is 0. The first-order valence-electron chi connectivity index (χ1n) is 5.77. The molecule has 0 amide bonds. The molecule has 0 spiro atoms. The van der Waals surface area contributed by atoms with Crippen LogP contribution >= 0.6 is 0 Å². The molecule has 0 bridgehead atoms. The number of pyridine rings is 1. The number of hydrogen-bond donors (Lipinski definition) is 1. The third-order valence-corrected chi connectivity index (χ3v) is 3.50. The summed E-state index contributed by atoms with van der Waals surface area (Å²) in [5.74, 6) is 0. The van der Waals surface area contributed by atoms with Gasteiger partial charge in [-0.1, -0.05) is 19.9 Å². The molecule has 2 nitrogen and oxygen atoms in total. The van der Waals surface area contributed by atoms with E-state index in [0.717, 1.165) is 6.54 Å². The van der Waals surface area contributed by atoms with Gasteiger partial charge in [-0.25, -0.2) is 0 Å². The quantitative estimate of drug-likeness (QED) is 0.800. The molecular weight excluding hydrogens is 184 g/mol. The Morgan fingerprint density at radius 3 is 2.73 bits per heavy atom. The van der Waals surface area contributed by atoms with Crippen molar-refractivity contribution in [2.75, 3.05) is 6.54 Å². The van der Waals surface area contributed by atoms with Crippen LogP contribution in [0.25, 0.3) is 0 Å². The molecule has 0 saturated carbocycles. The molecule has 0 aliphatic carbocycles. The van der Waals surface area contributed by atoms with Crippen LogP contribution in [0.3, 0.4) is 0 Å². The summed E-state index contributed by atoms with van der Waals surface area (Å²) < 4.78 is 0. The maximum absolute atomic E-state index is 4.55. The van der Waals surface area contributed by atoms with Crippen molar-refractivity contribution in [3.63, 3.8) is 0 Å². The lowest BCUT2D eigenvalue weighted by Crippen LogP contribution is -2.41. The Morgan fingerprint density at radius 2 is 2.20 bits per heavy atom. The smallest absolute Gasteiger partial charge is 0.0475 e. The van der Waals surface area contributed by atoms with Gasteiger partial charge in [0.25, 0.3) is 0 Å². The molecule has 1 atom stereocenters. The lowest BCUT2D eigenvalue weighted by molar-refractivity contribution is 0.368. The van der Waals surface area contributed by atoms with Crippen LogP contribution in [-0.4, -0.2) is 17.6 Å². The Morgan fingerprint density at radius 1 is 1.40 bits per heavy atom. The molecule has 15 heavy (non-hydrogen) atoms. The summed E-state index contributed by atoms with van der Waals surface area (Å²) in [6, 6.07) is 4.89. The van der Waals surface area contributed by atoms with Crippen LogP contribution in [0.5, 0.6) is 0 Å². The highest BCUT2D eigenvalue weighted by Gasteiger charge is 2.34. The van der Waals surface area contributed by atoms with Gasteiger partial charge in [-0.2, -0.15) is 0 Å². The topological polar surface area (TPSA) is 24.9 Å². The fraction of sp³-hybridized carbons (Fsp3) is 0.615. The summed E-state index contributed by atoms with van der Waals surface area (Å²) in [6.45, 7) is 7.80. The number of rotatable bonds is 2. The number of aryl methyl sites for hydroxylation is 1. The number of nitrogens with zero attached hydrogens (tertiary/aromatic N) is 1. The highest BCUT2D eigenvalue weighted by atomic mass is 15.0. The lowest BCUT2D eigenvalue weighted by atomic mass is 9.80. The Hall–Kier alpha value is -0.890. The van der Waals surface area contributed by atoms with Crippen molar-refractivity contribution >= 4 is 0 Å². The monoisotopic (exact) mass is 204 g/mol. The Balaban J connectivity index is 2.23. The Bertz CT molecular complexity index is 321. The average molecular weight is 204 g/mol. The van der Waals surface area contributed by atoms with Gasteiger partial charge in [0.15, 0.2) is 0 Å². The van der Waals surface area contributed by atoms with Crippen molar-refractivity contribution in [2.45, 2.75) is 45.1 Å². The lowest BCUT2D eigenvalue weighted by Gasteiger charge is -2.31. The van der Waals surface area contributed by atoms with Gasteiger partial charge in [-0.15, -0.1) is 0 Å². The molecule has 0 aromatic carbocycles. The molecule has 82 valence electrons. The zero-order valence-electron chi connectivity index (χ0n) is 9.88. The van der Waals surface area contributed by atoms with Crippen molar-refractivity contribution in [2.24, 2.45) is 0 Å². The van der Waals surface area contributed by atoms with Gasteiger partial charge in [0.05, 0.1) is 0 Å². The molecule has 2 heteroatoms. The molecule has 1 aliphatic heterocycles. The van der Waals surface area contributed by atoms with E-state index in [1.807, 2.05) is 6.20 Å². The van der Waals surface area contributed by atoms with Gasteiger partial charge in [0.2, 0.25) is 0 Å². The van der Waals surface area contributed by atoms with Gasteiger partial charge in [-0.05, 0) is 37.9 Å². The van der Waals surface area contributed by atoms with E-state index in [1.54, 1.807) is 0 Å². The minimum absolute atomic E-state index is 0.143. The molecule has 0 unspecified atom stereocenters. The van der Waals surface area contributed by atoms with Gasteiger partial charge in [0.1, 0.15) is 0 Å². The predicted molar refractivity (Wildman–Crippen MR) is 63.0 cm³/mol. The van der Waals surface area contributed by atoms with Crippen LogP contribution in [0.15, 0.2) is 18.3 Å². The van der Waals surface area contributed by atoms with Crippen molar-refractivity contribution in [3.8, 4) is 0 Å². The highest BCUT2D eigenvalue weighted by Crippen LogP contribution is 2.30. The first kappa shape index (κ1) is 10.6. The SMILES string of the molecule is Cc1ccc(C(C)(C)[C@H]2CCCN2)nc1. The third kappa shape index (κ3) is 2.05. The van der Waals surface area contributed by atoms with Crippen molar-refractivity contribution < 1.29 is 0 Å². The zero-order chi connectivity index (χ0) is 10.9. The van der Waals surface area contributed by atoms with Crippen LogP contribution in [0.4, 0.5) is 0 Å². The maximum atomic E-state index is 4.55. The molecule has 1 aromatic rings. The Labute approximate surface area is 92.1 Å². The second-order valence-corrected chi connectivity index (χ2v) is 5.09. The Kier molecular flexibility index (Phi) is 2.79. The van der Waals surface area contributed by atoms with Crippen molar-refractivity contribution in [3.05, 3.63) is 29.6 Å². The predicted octanol–water partition coefficient (Wildman–Crippen LogP) is 2.42. The summed E-state index contributed by atoms with van der Waals surface area (Å²) in [6.07, 6.45) is 4.52. The number of aromatic nitrogens is 1. The first-order chi connectivity index (χ1) is 7.10. The molecule has 0 radical (unpaired) electrons. The van der Waals surface area contributed by atoms with E-state index in [-0.39, 0.29) is 5.41 Å². The first-order valence-corrected chi connectivity index (χ1v) is 5.77. The number of hydrogen-bond acceptors (Lipinski definition) is 2. The van der Waals surface area contributed by atoms with E-state index in [2.05, 4.69) is 43.2 Å². The van der Waals surface area contributed by atoms with Gasteiger partial charge in [0, 0.05) is 23.3 Å². The summed E-state index contributed by atoms with van der Waals surface area (Å²) in [5.41, 5.74) is 2.57. The van der Waals surface area contributed by atoms with Crippen LogP contribution in [0.1, 0.15) is 37.9 Å². The van der Waals surface area contributed by atoms with Gasteiger partial charge in [-0.3, -0.25) is 4.98 Å². The largest absolute Gasteiger partial charge is 0.313 e. The number of nitrogens with one attached hydrogen (secondary N) is 1. The third-order valence-electron chi connectivity index (χ3n) is 3.50. The van der Waals surface area contributed by atoms with E-state index in [9.17, 15) is 0 Å². The van der Waals surface area contributed by atoms with E-state index < -0.39 is 0 Å².